The number of amides is 2. The molecule has 1 N–H and O–H groups in total. The Morgan fingerprint density at radius 3 is 2.03 bits per heavy atom. The number of alkyl carbamates (subject to hydrolysis) is 1. The van der Waals surface area contributed by atoms with Gasteiger partial charge in [0.1, 0.15) is 19.5 Å². The van der Waals surface area contributed by atoms with Crippen LogP contribution in [0, 0.1) is 0 Å². The summed E-state index contributed by atoms with van der Waals surface area (Å²) < 4.78 is 10.4. The van der Waals surface area contributed by atoms with Crippen molar-refractivity contribution in [1.29, 1.82) is 0 Å². The number of hydrogen-bond donors (Lipinski definition) is 1. The van der Waals surface area contributed by atoms with Crippen molar-refractivity contribution in [2.45, 2.75) is 26.1 Å². The lowest BCUT2D eigenvalue weighted by Gasteiger charge is -2.21. The van der Waals surface area contributed by atoms with Gasteiger partial charge >= 0.3 is 12.2 Å². The number of ether oxygens (including phenoxy) is 2. The van der Waals surface area contributed by atoms with Crippen LogP contribution in [0.5, 0.6) is 0 Å². The van der Waals surface area contributed by atoms with Crippen molar-refractivity contribution in [2.75, 3.05) is 19.6 Å². The van der Waals surface area contributed by atoms with E-state index in [4.69, 9.17) is 9.47 Å². The summed E-state index contributed by atoms with van der Waals surface area (Å²) in [5, 5.41) is 2.65. The Morgan fingerprint density at radius 2 is 1.45 bits per heavy atom. The fourth-order valence-electron chi connectivity index (χ4n) is 2.55. The third kappa shape index (κ3) is 8.92. The first kappa shape index (κ1) is 21.9. The summed E-state index contributed by atoms with van der Waals surface area (Å²) in [7, 11) is 0. The zero-order chi connectivity index (χ0) is 20.7. The Labute approximate surface area is 170 Å². The van der Waals surface area contributed by atoms with Crippen molar-refractivity contribution in [3.8, 4) is 0 Å². The minimum absolute atomic E-state index is 0.168. The molecular formula is C22H26N2O5. The molecule has 2 aromatic carbocycles. The van der Waals surface area contributed by atoms with E-state index in [9.17, 15) is 14.4 Å². The zero-order valence-electron chi connectivity index (χ0n) is 16.3. The Balaban J connectivity index is 1.68. The van der Waals surface area contributed by atoms with Crippen LogP contribution in [0.4, 0.5) is 9.59 Å². The maximum Gasteiger partial charge on any atom is 0.410 e. The number of carbonyl (C=O) groups is 3. The van der Waals surface area contributed by atoms with Crippen LogP contribution >= 0.6 is 0 Å². The second-order valence-corrected chi connectivity index (χ2v) is 6.32. The van der Waals surface area contributed by atoms with Crippen LogP contribution in [0.2, 0.25) is 0 Å². The minimum Gasteiger partial charge on any atom is -0.445 e. The highest BCUT2D eigenvalue weighted by atomic mass is 16.6. The van der Waals surface area contributed by atoms with Crippen LogP contribution in [0.25, 0.3) is 0 Å². The standard InChI is InChI=1S/C22H26N2O5/c25-16-8-15-24(22(27)29-18-20-11-5-2-6-12-20)14-7-13-23-21(26)28-17-19-9-3-1-4-10-19/h1-6,9-12,16H,7-8,13-15,17-18H2,(H,23,26). The predicted octanol–water partition coefficient (Wildman–Crippen LogP) is 3.53. The van der Waals surface area contributed by atoms with E-state index in [0.29, 0.717) is 19.5 Å². The number of nitrogens with zero attached hydrogens (tertiary/aromatic N) is 1. The average Bonchev–Trinajstić information content (AvgIpc) is 2.77. The molecule has 0 atom stereocenters. The van der Waals surface area contributed by atoms with Crippen molar-refractivity contribution in [3.63, 3.8) is 0 Å². The lowest BCUT2D eigenvalue weighted by molar-refractivity contribution is -0.108. The molecule has 2 rings (SSSR count). The summed E-state index contributed by atoms with van der Waals surface area (Å²) in [5.41, 5.74) is 1.79. The molecule has 0 aliphatic heterocycles. The van der Waals surface area contributed by atoms with Crippen LogP contribution in [0.3, 0.4) is 0 Å². The highest BCUT2D eigenvalue weighted by Crippen LogP contribution is 2.05. The van der Waals surface area contributed by atoms with Gasteiger partial charge in [-0.2, -0.15) is 0 Å². The summed E-state index contributed by atoms with van der Waals surface area (Å²) in [6.07, 6.45) is 0.505. The molecule has 0 heterocycles. The van der Waals surface area contributed by atoms with E-state index in [1.807, 2.05) is 60.7 Å². The van der Waals surface area contributed by atoms with Gasteiger partial charge < -0.3 is 24.5 Å². The summed E-state index contributed by atoms with van der Waals surface area (Å²) in [6.45, 7) is 1.35. The minimum atomic E-state index is -0.514. The Morgan fingerprint density at radius 1 is 0.862 bits per heavy atom. The van der Waals surface area contributed by atoms with Crippen molar-refractivity contribution in [2.24, 2.45) is 0 Å². The van der Waals surface area contributed by atoms with Gasteiger partial charge in [-0.3, -0.25) is 0 Å². The number of hydrogen-bond acceptors (Lipinski definition) is 5. The van der Waals surface area contributed by atoms with Gasteiger partial charge in [0.25, 0.3) is 0 Å². The predicted molar refractivity (Wildman–Crippen MR) is 108 cm³/mol. The molecule has 0 saturated heterocycles. The first-order valence-corrected chi connectivity index (χ1v) is 9.53. The molecule has 0 bridgehead atoms. The van der Waals surface area contributed by atoms with Gasteiger partial charge in [0.15, 0.2) is 0 Å². The van der Waals surface area contributed by atoms with Gasteiger partial charge in [-0.1, -0.05) is 60.7 Å². The third-order valence-corrected chi connectivity index (χ3v) is 4.07. The van der Waals surface area contributed by atoms with Crippen molar-refractivity contribution in [3.05, 3.63) is 71.8 Å². The van der Waals surface area contributed by atoms with E-state index in [1.165, 1.54) is 4.90 Å². The molecule has 0 saturated carbocycles. The van der Waals surface area contributed by atoms with Crippen LogP contribution in [-0.2, 0) is 27.5 Å². The maximum atomic E-state index is 12.3. The first-order chi connectivity index (χ1) is 14.2. The molecule has 0 aliphatic carbocycles. The summed E-state index contributed by atoms with van der Waals surface area (Å²) in [5.74, 6) is 0. The monoisotopic (exact) mass is 398 g/mol. The lowest BCUT2D eigenvalue weighted by atomic mass is 10.2. The molecule has 0 fully saturated rings. The molecule has 0 spiro atoms. The second kappa shape index (κ2) is 12.9. The van der Waals surface area contributed by atoms with Crippen molar-refractivity contribution < 1.29 is 23.9 Å². The van der Waals surface area contributed by atoms with Gasteiger partial charge in [0, 0.05) is 26.1 Å². The van der Waals surface area contributed by atoms with E-state index in [1.54, 1.807) is 0 Å². The quantitative estimate of drug-likeness (QED) is 0.462. The molecule has 29 heavy (non-hydrogen) atoms. The highest BCUT2D eigenvalue weighted by molar-refractivity contribution is 5.68. The molecule has 0 unspecified atom stereocenters. The van der Waals surface area contributed by atoms with Gasteiger partial charge in [-0.15, -0.1) is 0 Å². The van der Waals surface area contributed by atoms with Crippen LogP contribution in [0.1, 0.15) is 24.0 Å². The van der Waals surface area contributed by atoms with Gasteiger partial charge in [-0.25, -0.2) is 9.59 Å². The topological polar surface area (TPSA) is 84.9 Å². The number of benzene rings is 2. The third-order valence-electron chi connectivity index (χ3n) is 4.07. The van der Waals surface area contributed by atoms with E-state index in [0.717, 1.165) is 17.4 Å². The lowest BCUT2D eigenvalue weighted by Crippen LogP contribution is -2.35. The highest BCUT2D eigenvalue weighted by Gasteiger charge is 2.14. The van der Waals surface area contributed by atoms with Gasteiger partial charge in [-0.05, 0) is 17.5 Å². The van der Waals surface area contributed by atoms with E-state index < -0.39 is 12.2 Å². The molecule has 0 radical (unpaired) electrons. The first-order valence-electron chi connectivity index (χ1n) is 9.53. The molecule has 7 nitrogen and oxygen atoms in total. The van der Waals surface area contributed by atoms with Crippen LogP contribution in [-0.4, -0.2) is 43.0 Å². The molecule has 7 heteroatoms. The smallest absolute Gasteiger partial charge is 0.410 e. The van der Waals surface area contributed by atoms with Crippen LogP contribution < -0.4 is 5.32 Å². The Bertz CT molecular complexity index is 752. The van der Waals surface area contributed by atoms with Gasteiger partial charge in [0.05, 0.1) is 0 Å². The largest absolute Gasteiger partial charge is 0.445 e. The second-order valence-electron chi connectivity index (χ2n) is 6.32. The number of aldehydes is 1. The van der Waals surface area contributed by atoms with Crippen LogP contribution in [0.15, 0.2) is 60.7 Å². The molecule has 0 aromatic heterocycles. The molecule has 154 valence electrons. The number of carbonyl (C=O) groups excluding carboxylic acids is 3. The van der Waals surface area contributed by atoms with Crippen molar-refractivity contribution >= 4 is 18.5 Å². The Kier molecular flexibility index (Phi) is 9.79. The van der Waals surface area contributed by atoms with E-state index in [-0.39, 0.29) is 26.2 Å². The summed E-state index contributed by atoms with van der Waals surface area (Å²) in [6, 6.07) is 18.8. The van der Waals surface area contributed by atoms with E-state index in [2.05, 4.69) is 5.32 Å². The molecule has 0 aliphatic rings. The fraction of sp³-hybridized carbons (Fsp3) is 0.318. The van der Waals surface area contributed by atoms with E-state index >= 15 is 0 Å². The Hall–Kier alpha value is -3.35. The summed E-state index contributed by atoms with van der Waals surface area (Å²) >= 11 is 0. The summed E-state index contributed by atoms with van der Waals surface area (Å²) in [4.78, 5) is 36.2. The average molecular weight is 398 g/mol. The number of nitrogens with one attached hydrogen (secondary N) is 1. The maximum absolute atomic E-state index is 12.3. The number of rotatable bonds is 11. The van der Waals surface area contributed by atoms with Crippen molar-refractivity contribution in [1.82, 2.24) is 10.2 Å². The zero-order valence-corrected chi connectivity index (χ0v) is 16.3. The molecule has 2 aromatic rings. The normalized spacial score (nSPS) is 10.1. The molecule has 2 amide bonds. The SMILES string of the molecule is O=CCCN(CCCNC(=O)OCc1ccccc1)C(=O)OCc1ccccc1. The fourth-order valence-corrected chi connectivity index (χ4v) is 2.55. The van der Waals surface area contributed by atoms with Gasteiger partial charge in [0.2, 0.25) is 0 Å². The molecular weight excluding hydrogens is 372 g/mol.